The molecule has 0 aromatic carbocycles. The minimum Gasteiger partial charge on any atom is -0.302 e. The first-order chi connectivity index (χ1) is 4.88. The largest absolute Gasteiger partial charge is 0.302 e. The van der Waals surface area contributed by atoms with Gasteiger partial charge in [-0.05, 0) is 22.4 Å². The van der Waals surface area contributed by atoms with E-state index in [0.717, 1.165) is 5.56 Å². The molecular weight excluding hydrogens is 148 g/mol. The third-order valence-electron chi connectivity index (χ3n) is 1.22. The number of carbonyl (C=O) groups is 2. The standard InChI is InChI=1S/C7H6O2S/c8-3-7(4-9)6-1-2-10-5-6/h1-5,7H. The van der Waals surface area contributed by atoms with Crippen LogP contribution in [0.2, 0.25) is 0 Å². The van der Waals surface area contributed by atoms with E-state index < -0.39 is 5.92 Å². The van der Waals surface area contributed by atoms with Crippen LogP contribution in [0.3, 0.4) is 0 Å². The van der Waals surface area contributed by atoms with Crippen molar-refractivity contribution in [1.82, 2.24) is 0 Å². The summed E-state index contributed by atoms with van der Waals surface area (Å²) in [5.74, 6) is -0.564. The van der Waals surface area contributed by atoms with Crippen molar-refractivity contribution in [2.75, 3.05) is 0 Å². The van der Waals surface area contributed by atoms with Gasteiger partial charge in [-0.1, -0.05) is 0 Å². The molecule has 3 heteroatoms. The van der Waals surface area contributed by atoms with Crippen LogP contribution in [0.4, 0.5) is 0 Å². The van der Waals surface area contributed by atoms with Crippen molar-refractivity contribution in [2.24, 2.45) is 0 Å². The SMILES string of the molecule is O=CC(C=O)c1ccsc1. The van der Waals surface area contributed by atoms with Crippen molar-refractivity contribution in [2.45, 2.75) is 5.92 Å². The van der Waals surface area contributed by atoms with Crippen LogP contribution in [0.1, 0.15) is 11.5 Å². The maximum Gasteiger partial charge on any atom is 0.134 e. The molecule has 1 heterocycles. The third-order valence-corrected chi connectivity index (χ3v) is 1.92. The van der Waals surface area contributed by atoms with Crippen molar-refractivity contribution in [1.29, 1.82) is 0 Å². The highest BCUT2D eigenvalue weighted by Gasteiger charge is 2.07. The van der Waals surface area contributed by atoms with Crippen LogP contribution in [0, 0.1) is 0 Å². The summed E-state index contributed by atoms with van der Waals surface area (Å²) in [5.41, 5.74) is 0.787. The van der Waals surface area contributed by atoms with Crippen LogP contribution in [-0.2, 0) is 9.59 Å². The Bertz CT molecular complexity index is 208. The van der Waals surface area contributed by atoms with Crippen LogP contribution < -0.4 is 0 Å². The first-order valence-electron chi connectivity index (χ1n) is 2.81. The van der Waals surface area contributed by atoms with E-state index >= 15 is 0 Å². The van der Waals surface area contributed by atoms with Gasteiger partial charge in [0.25, 0.3) is 0 Å². The molecule has 0 saturated carbocycles. The monoisotopic (exact) mass is 154 g/mol. The summed E-state index contributed by atoms with van der Waals surface area (Å²) in [4.78, 5) is 20.4. The van der Waals surface area contributed by atoms with Gasteiger partial charge in [0.1, 0.15) is 12.6 Å². The molecule has 0 aliphatic heterocycles. The maximum atomic E-state index is 10.2. The van der Waals surface area contributed by atoms with Crippen LogP contribution in [0.25, 0.3) is 0 Å². The molecule has 52 valence electrons. The van der Waals surface area contributed by atoms with Crippen LogP contribution in [-0.4, -0.2) is 12.6 Å². The van der Waals surface area contributed by atoms with Crippen molar-refractivity contribution < 1.29 is 9.59 Å². The van der Waals surface area contributed by atoms with Gasteiger partial charge in [0, 0.05) is 0 Å². The zero-order chi connectivity index (χ0) is 7.40. The number of hydrogen-bond acceptors (Lipinski definition) is 3. The lowest BCUT2D eigenvalue weighted by molar-refractivity contribution is -0.116. The summed E-state index contributed by atoms with van der Waals surface area (Å²) in [7, 11) is 0. The molecule has 1 aromatic rings. The summed E-state index contributed by atoms with van der Waals surface area (Å²) in [6.45, 7) is 0. The minimum absolute atomic E-state index is 0.564. The molecule has 0 N–H and O–H groups in total. The summed E-state index contributed by atoms with van der Waals surface area (Å²) in [6.07, 6.45) is 1.30. The maximum absolute atomic E-state index is 10.2. The Labute approximate surface area is 62.5 Å². The fourth-order valence-corrected chi connectivity index (χ4v) is 1.36. The summed E-state index contributed by atoms with van der Waals surface area (Å²) in [5, 5.41) is 3.64. The lowest BCUT2D eigenvalue weighted by Gasteiger charge is -1.94. The van der Waals surface area contributed by atoms with Crippen molar-refractivity contribution in [3.63, 3.8) is 0 Å². The minimum atomic E-state index is -0.564. The lowest BCUT2D eigenvalue weighted by Crippen LogP contribution is -1.98. The Morgan fingerprint density at radius 2 is 2.10 bits per heavy atom. The quantitative estimate of drug-likeness (QED) is 0.484. The van der Waals surface area contributed by atoms with E-state index in [4.69, 9.17) is 0 Å². The Balaban J connectivity index is 2.82. The average Bonchev–Trinajstić information content (AvgIpc) is 2.43. The highest BCUT2D eigenvalue weighted by Crippen LogP contribution is 2.14. The van der Waals surface area contributed by atoms with E-state index in [2.05, 4.69) is 0 Å². The zero-order valence-corrected chi connectivity index (χ0v) is 6.01. The van der Waals surface area contributed by atoms with Crippen LogP contribution in [0.15, 0.2) is 16.8 Å². The number of rotatable bonds is 3. The second kappa shape index (κ2) is 3.27. The Morgan fingerprint density at radius 3 is 2.50 bits per heavy atom. The molecule has 2 nitrogen and oxygen atoms in total. The van der Waals surface area contributed by atoms with E-state index in [-0.39, 0.29) is 0 Å². The van der Waals surface area contributed by atoms with Gasteiger partial charge in [-0.25, -0.2) is 0 Å². The molecular formula is C7H6O2S. The molecule has 0 spiro atoms. The van der Waals surface area contributed by atoms with Gasteiger partial charge in [0.15, 0.2) is 0 Å². The van der Waals surface area contributed by atoms with Crippen LogP contribution >= 0.6 is 11.3 Å². The molecule has 1 rings (SSSR count). The van der Waals surface area contributed by atoms with E-state index in [9.17, 15) is 9.59 Å². The van der Waals surface area contributed by atoms with Gasteiger partial charge < -0.3 is 9.59 Å². The summed E-state index contributed by atoms with van der Waals surface area (Å²) < 4.78 is 0. The Kier molecular flexibility index (Phi) is 2.34. The van der Waals surface area contributed by atoms with E-state index in [1.165, 1.54) is 11.3 Å². The fourth-order valence-electron chi connectivity index (χ4n) is 0.654. The Hall–Kier alpha value is -0.960. The molecule has 0 bridgehead atoms. The van der Waals surface area contributed by atoms with Crippen LogP contribution in [0.5, 0.6) is 0 Å². The van der Waals surface area contributed by atoms with E-state index in [1.807, 2.05) is 5.38 Å². The molecule has 0 atom stereocenters. The van der Waals surface area contributed by atoms with Gasteiger partial charge in [-0.3, -0.25) is 0 Å². The first kappa shape index (κ1) is 7.15. The van der Waals surface area contributed by atoms with Gasteiger partial charge in [-0.15, -0.1) is 0 Å². The highest BCUT2D eigenvalue weighted by molar-refractivity contribution is 7.08. The molecule has 0 aliphatic rings. The van der Waals surface area contributed by atoms with Gasteiger partial charge in [-0.2, -0.15) is 11.3 Å². The van der Waals surface area contributed by atoms with Crippen molar-refractivity contribution >= 4 is 23.9 Å². The second-order valence-corrected chi connectivity index (χ2v) is 2.63. The third kappa shape index (κ3) is 1.30. The molecule has 1 aromatic heterocycles. The Morgan fingerprint density at radius 1 is 1.40 bits per heavy atom. The summed E-state index contributed by atoms with van der Waals surface area (Å²) >= 11 is 1.48. The molecule has 0 saturated heterocycles. The fraction of sp³-hybridized carbons (Fsp3) is 0.143. The molecule has 10 heavy (non-hydrogen) atoms. The predicted molar refractivity (Wildman–Crippen MR) is 39.2 cm³/mol. The van der Waals surface area contributed by atoms with Gasteiger partial charge >= 0.3 is 0 Å². The number of hydrogen-bond donors (Lipinski definition) is 0. The van der Waals surface area contributed by atoms with Crippen molar-refractivity contribution in [3.8, 4) is 0 Å². The second-order valence-electron chi connectivity index (χ2n) is 1.85. The molecule has 0 fully saturated rings. The number of aldehydes is 2. The zero-order valence-electron chi connectivity index (χ0n) is 5.19. The topological polar surface area (TPSA) is 34.1 Å². The number of thiophene rings is 1. The lowest BCUT2D eigenvalue weighted by atomic mass is 10.1. The highest BCUT2D eigenvalue weighted by atomic mass is 32.1. The smallest absolute Gasteiger partial charge is 0.134 e. The van der Waals surface area contributed by atoms with Gasteiger partial charge in [0.05, 0.1) is 5.92 Å². The molecule has 0 unspecified atom stereocenters. The average molecular weight is 154 g/mol. The molecule has 0 radical (unpaired) electrons. The van der Waals surface area contributed by atoms with E-state index in [1.54, 1.807) is 11.4 Å². The number of carbonyl (C=O) groups excluding carboxylic acids is 2. The summed E-state index contributed by atoms with van der Waals surface area (Å²) in [6, 6.07) is 1.78. The normalized spacial score (nSPS) is 9.70. The van der Waals surface area contributed by atoms with Gasteiger partial charge in [0.2, 0.25) is 0 Å². The predicted octanol–water partition coefficient (Wildman–Crippen LogP) is 1.23. The molecule has 0 aliphatic carbocycles. The van der Waals surface area contributed by atoms with E-state index in [0.29, 0.717) is 12.6 Å². The first-order valence-corrected chi connectivity index (χ1v) is 3.75. The molecule has 0 amide bonds. The van der Waals surface area contributed by atoms with Crippen molar-refractivity contribution in [3.05, 3.63) is 22.4 Å².